The number of anilines is 1. The van der Waals surface area contributed by atoms with Crippen LogP contribution in [-0.4, -0.2) is 27.7 Å². The predicted molar refractivity (Wildman–Crippen MR) is 91.7 cm³/mol. The highest BCUT2D eigenvalue weighted by Crippen LogP contribution is 2.27. The fraction of sp³-hybridized carbons (Fsp3) is 0.111. The summed E-state index contributed by atoms with van der Waals surface area (Å²) in [6.07, 6.45) is 0. The molecule has 6 heteroatoms. The number of amides is 1. The molecule has 0 saturated heterocycles. The van der Waals surface area contributed by atoms with Crippen LogP contribution in [0.25, 0.3) is 10.9 Å². The molecule has 6 nitrogen and oxygen atoms in total. The zero-order valence-electron chi connectivity index (χ0n) is 13.2. The second-order valence-electron chi connectivity index (χ2n) is 5.49. The molecule has 0 spiro atoms. The standard InChI is InChI=1S/C18H16N2O4/c1-19(11-7-9-12(21)10-8-11)17(23)15-16(22)13-5-3-4-6-14(13)20(2)18(15)24/h3-10,21-22H,1-2H3. The van der Waals surface area contributed by atoms with Crippen molar-refractivity contribution in [3.8, 4) is 11.5 Å². The van der Waals surface area contributed by atoms with Gasteiger partial charge in [0.2, 0.25) is 0 Å². The van der Waals surface area contributed by atoms with Gasteiger partial charge in [0.05, 0.1) is 5.52 Å². The van der Waals surface area contributed by atoms with Crippen molar-refractivity contribution in [1.29, 1.82) is 0 Å². The molecule has 0 aliphatic carbocycles. The van der Waals surface area contributed by atoms with Gasteiger partial charge in [-0.25, -0.2) is 0 Å². The quantitative estimate of drug-likeness (QED) is 0.757. The van der Waals surface area contributed by atoms with Crippen LogP contribution in [0.15, 0.2) is 53.3 Å². The second kappa shape index (κ2) is 5.73. The normalized spacial score (nSPS) is 10.8. The number of phenolic OH excluding ortho intramolecular Hbond substituents is 1. The largest absolute Gasteiger partial charge is 0.508 e. The van der Waals surface area contributed by atoms with E-state index in [2.05, 4.69) is 0 Å². The number of phenols is 1. The molecule has 3 rings (SSSR count). The summed E-state index contributed by atoms with van der Waals surface area (Å²) >= 11 is 0. The number of benzene rings is 2. The first-order valence-electron chi connectivity index (χ1n) is 7.29. The van der Waals surface area contributed by atoms with Gasteiger partial charge >= 0.3 is 0 Å². The van der Waals surface area contributed by atoms with Crippen LogP contribution in [-0.2, 0) is 7.05 Å². The maximum Gasteiger partial charge on any atom is 0.267 e. The molecule has 0 radical (unpaired) electrons. The molecule has 0 bridgehead atoms. The summed E-state index contributed by atoms with van der Waals surface area (Å²) < 4.78 is 1.34. The van der Waals surface area contributed by atoms with E-state index in [0.717, 1.165) is 0 Å². The molecule has 1 aromatic heterocycles. The van der Waals surface area contributed by atoms with E-state index in [1.165, 1.54) is 28.6 Å². The first-order chi connectivity index (χ1) is 11.4. The van der Waals surface area contributed by atoms with E-state index in [-0.39, 0.29) is 17.1 Å². The fourth-order valence-electron chi connectivity index (χ4n) is 2.63. The lowest BCUT2D eigenvalue weighted by Crippen LogP contribution is -2.34. The molecule has 0 atom stereocenters. The summed E-state index contributed by atoms with van der Waals surface area (Å²) in [7, 11) is 3.06. The van der Waals surface area contributed by atoms with Gasteiger partial charge in [-0.05, 0) is 36.4 Å². The molecule has 24 heavy (non-hydrogen) atoms. The Morgan fingerprint density at radius 2 is 1.67 bits per heavy atom. The highest BCUT2D eigenvalue weighted by Gasteiger charge is 2.24. The molecule has 1 amide bonds. The lowest BCUT2D eigenvalue weighted by Gasteiger charge is -2.19. The summed E-state index contributed by atoms with van der Waals surface area (Å²) in [5.74, 6) is -0.877. The number of aromatic hydroxyl groups is 2. The average molecular weight is 324 g/mol. The van der Waals surface area contributed by atoms with Crippen LogP contribution in [0.1, 0.15) is 10.4 Å². The zero-order chi connectivity index (χ0) is 17.4. The minimum atomic E-state index is -0.621. The predicted octanol–water partition coefficient (Wildman–Crippen LogP) is 2.23. The van der Waals surface area contributed by atoms with E-state index >= 15 is 0 Å². The summed E-state index contributed by atoms with van der Waals surface area (Å²) in [5.41, 5.74) is 0.185. The third-order valence-electron chi connectivity index (χ3n) is 4.03. The van der Waals surface area contributed by atoms with E-state index in [4.69, 9.17) is 0 Å². The Morgan fingerprint density at radius 3 is 2.33 bits per heavy atom. The van der Waals surface area contributed by atoms with Crippen LogP contribution in [0, 0.1) is 0 Å². The number of hydrogen-bond donors (Lipinski definition) is 2. The molecular formula is C18H16N2O4. The van der Waals surface area contributed by atoms with Crippen molar-refractivity contribution in [2.24, 2.45) is 7.05 Å². The van der Waals surface area contributed by atoms with Crippen molar-refractivity contribution in [3.05, 3.63) is 64.4 Å². The van der Waals surface area contributed by atoms with Gasteiger partial charge < -0.3 is 19.7 Å². The van der Waals surface area contributed by atoms with Gasteiger partial charge in [0.25, 0.3) is 11.5 Å². The highest BCUT2D eigenvalue weighted by molar-refractivity contribution is 6.10. The smallest absolute Gasteiger partial charge is 0.267 e. The Hall–Kier alpha value is -3.28. The van der Waals surface area contributed by atoms with E-state index in [1.807, 2.05) is 0 Å². The molecule has 0 aliphatic heterocycles. The molecule has 0 unspecified atom stereocenters. The molecule has 0 saturated carbocycles. The number of aromatic nitrogens is 1. The number of aryl methyl sites for hydroxylation is 1. The van der Waals surface area contributed by atoms with E-state index < -0.39 is 11.5 Å². The van der Waals surface area contributed by atoms with Gasteiger partial charge in [0.1, 0.15) is 17.1 Å². The second-order valence-corrected chi connectivity index (χ2v) is 5.49. The number of hydrogen-bond acceptors (Lipinski definition) is 4. The van der Waals surface area contributed by atoms with Gasteiger partial charge in [-0.15, -0.1) is 0 Å². The van der Waals surface area contributed by atoms with Crippen LogP contribution < -0.4 is 10.5 Å². The average Bonchev–Trinajstić information content (AvgIpc) is 2.60. The molecule has 2 aromatic carbocycles. The van der Waals surface area contributed by atoms with Crippen LogP contribution in [0.2, 0.25) is 0 Å². The maximum atomic E-state index is 12.8. The molecule has 0 fully saturated rings. The van der Waals surface area contributed by atoms with Crippen molar-refractivity contribution in [2.45, 2.75) is 0 Å². The van der Waals surface area contributed by atoms with E-state index in [9.17, 15) is 19.8 Å². The van der Waals surface area contributed by atoms with Gasteiger partial charge in [-0.1, -0.05) is 12.1 Å². The Bertz CT molecular complexity index is 990. The molecule has 2 N–H and O–H groups in total. The Morgan fingerprint density at radius 1 is 1.04 bits per heavy atom. The molecule has 122 valence electrons. The van der Waals surface area contributed by atoms with Crippen molar-refractivity contribution in [1.82, 2.24) is 4.57 Å². The lowest BCUT2D eigenvalue weighted by atomic mass is 10.1. The number of fused-ring (bicyclic) bond motifs is 1. The van der Waals surface area contributed by atoms with Gasteiger partial charge in [0.15, 0.2) is 0 Å². The maximum absolute atomic E-state index is 12.8. The number of carbonyl (C=O) groups is 1. The molecular weight excluding hydrogens is 308 g/mol. The van der Waals surface area contributed by atoms with Crippen molar-refractivity contribution >= 4 is 22.5 Å². The Kier molecular flexibility index (Phi) is 3.73. The monoisotopic (exact) mass is 324 g/mol. The van der Waals surface area contributed by atoms with Gasteiger partial charge in [-0.2, -0.15) is 0 Å². The lowest BCUT2D eigenvalue weighted by molar-refractivity contribution is 0.0988. The number of rotatable bonds is 2. The Balaban J connectivity index is 2.17. The van der Waals surface area contributed by atoms with Gasteiger partial charge in [0, 0.05) is 25.2 Å². The third-order valence-corrected chi connectivity index (χ3v) is 4.03. The third kappa shape index (κ3) is 2.38. The molecule has 1 heterocycles. The zero-order valence-corrected chi connectivity index (χ0v) is 13.2. The van der Waals surface area contributed by atoms with Crippen molar-refractivity contribution in [2.75, 3.05) is 11.9 Å². The van der Waals surface area contributed by atoms with Crippen molar-refractivity contribution < 1.29 is 15.0 Å². The topological polar surface area (TPSA) is 82.8 Å². The van der Waals surface area contributed by atoms with Gasteiger partial charge in [-0.3, -0.25) is 9.59 Å². The summed E-state index contributed by atoms with van der Waals surface area (Å²) in [5, 5.41) is 20.2. The fourth-order valence-corrected chi connectivity index (χ4v) is 2.63. The van der Waals surface area contributed by atoms with Crippen LogP contribution in [0.4, 0.5) is 5.69 Å². The first kappa shape index (κ1) is 15.6. The van der Waals surface area contributed by atoms with Crippen LogP contribution >= 0.6 is 0 Å². The summed E-state index contributed by atoms with van der Waals surface area (Å²) in [4.78, 5) is 26.6. The number of pyridine rings is 1. The van der Waals surface area contributed by atoms with E-state index in [0.29, 0.717) is 16.6 Å². The van der Waals surface area contributed by atoms with Crippen LogP contribution in [0.5, 0.6) is 11.5 Å². The highest BCUT2D eigenvalue weighted by atomic mass is 16.3. The number of nitrogens with zero attached hydrogens (tertiary/aromatic N) is 2. The van der Waals surface area contributed by atoms with Crippen LogP contribution in [0.3, 0.4) is 0 Å². The molecule has 0 aliphatic rings. The number of carbonyl (C=O) groups excluding carboxylic acids is 1. The molecule has 3 aromatic rings. The van der Waals surface area contributed by atoms with E-state index in [1.54, 1.807) is 43.4 Å². The minimum Gasteiger partial charge on any atom is -0.508 e. The van der Waals surface area contributed by atoms with Crippen molar-refractivity contribution in [3.63, 3.8) is 0 Å². The summed E-state index contributed by atoms with van der Waals surface area (Å²) in [6.45, 7) is 0. The SMILES string of the molecule is CN(C(=O)c1c(O)c2ccccc2n(C)c1=O)c1ccc(O)cc1. The Labute approximate surface area is 137 Å². The number of para-hydroxylation sites is 1. The first-order valence-corrected chi connectivity index (χ1v) is 7.29. The summed E-state index contributed by atoms with van der Waals surface area (Å²) in [6, 6.07) is 12.8. The minimum absolute atomic E-state index is 0.0732.